The van der Waals surface area contributed by atoms with Gasteiger partial charge in [0.2, 0.25) is 0 Å². The zero-order valence-corrected chi connectivity index (χ0v) is 17.8. The Morgan fingerprint density at radius 2 is 1.72 bits per heavy atom. The van der Waals surface area contributed by atoms with Crippen LogP contribution >= 0.6 is 0 Å². The Bertz CT molecular complexity index is 1220. The summed E-state index contributed by atoms with van der Waals surface area (Å²) in [5, 5.41) is 5.65. The first-order valence-corrected chi connectivity index (χ1v) is 11.5. The second-order valence-electron chi connectivity index (χ2n) is 7.96. The summed E-state index contributed by atoms with van der Waals surface area (Å²) in [7, 11) is -4.86. The predicted molar refractivity (Wildman–Crippen MR) is 114 cm³/mol. The Hall–Kier alpha value is -2.46. The molecule has 1 atom stereocenters. The molecule has 0 aliphatic heterocycles. The summed E-state index contributed by atoms with van der Waals surface area (Å²) >= 11 is 0. The van der Waals surface area contributed by atoms with Gasteiger partial charge < -0.3 is 5.32 Å². The predicted octanol–water partition coefficient (Wildman–Crippen LogP) is 5.39. The molecule has 0 aromatic heterocycles. The second kappa shape index (κ2) is 8.47. The van der Waals surface area contributed by atoms with Crippen LogP contribution in [0.3, 0.4) is 0 Å². The third-order valence-electron chi connectivity index (χ3n) is 5.75. The fourth-order valence-corrected chi connectivity index (χ4v) is 4.58. The third kappa shape index (κ3) is 5.12. The van der Waals surface area contributed by atoms with Crippen molar-refractivity contribution in [2.45, 2.75) is 37.1 Å². The summed E-state index contributed by atoms with van der Waals surface area (Å²) in [6.45, 7) is 0.277. The summed E-state index contributed by atoms with van der Waals surface area (Å²) in [6, 6.07) is 18.3. The number of halogens is 3. The lowest BCUT2D eigenvalue weighted by Gasteiger charge is -2.22. The lowest BCUT2D eigenvalue weighted by atomic mass is 9.96. The fraction of sp³-hybridized carbons (Fsp3) is 0.304. The number of nitrogens with one attached hydrogen (secondary N) is 1. The minimum atomic E-state index is -4.86. The van der Waals surface area contributed by atoms with E-state index in [4.69, 9.17) is 8.74 Å². The molecule has 3 aromatic carbocycles. The van der Waals surface area contributed by atoms with Crippen LogP contribution in [-0.2, 0) is 26.3 Å². The monoisotopic (exact) mass is 465 g/mol. The highest BCUT2D eigenvalue weighted by atomic mass is 32.3. The molecule has 5 nitrogen and oxygen atoms in total. The SMILES string of the molecule is O=S(=O)(O)O[C@@H](CCNC1(c2cccc3ccccc23)CC1)c1cccc(C(F)(F)F)c1. The Morgan fingerprint density at radius 3 is 2.41 bits per heavy atom. The number of fused-ring (bicyclic) bond motifs is 1. The van der Waals surface area contributed by atoms with Gasteiger partial charge in [0.05, 0.1) is 5.56 Å². The van der Waals surface area contributed by atoms with Crippen molar-refractivity contribution in [3.05, 3.63) is 83.4 Å². The molecule has 1 aliphatic rings. The van der Waals surface area contributed by atoms with Gasteiger partial charge in [0.25, 0.3) is 0 Å². The first-order valence-electron chi connectivity index (χ1n) is 10.1. The van der Waals surface area contributed by atoms with Crippen molar-refractivity contribution in [3.63, 3.8) is 0 Å². The molecule has 0 heterocycles. The summed E-state index contributed by atoms with van der Waals surface area (Å²) < 4.78 is 75.8. The number of hydrogen-bond donors (Lipinski definition) is 2. The van der Waals surface area contributed by atoms with Gasteiger partial charge >= 0.3 is 16.6 Å². The normalized spacial score (nSPS) is 16.8. The molecule has 0 radical (unpaired) electrons. The van der Waals surface area contributed by atoms with Gasteiger partial charge in [0.1, 0.15) is 6.10 Å². The van der Waals surface area contributed by atoms with Crippen LogP contribution in [0.1, 0.15) is 42.1 Å². The zero-order chi connectivity index (χ0) is 23.0. The van der Waals surface area contributed by atoms with E-state index < -0.39 is 28.2 Å². The van der Waals surface area contributed by atoms with E-state index in [2.05, 4.69) is 5.32 Å². The number of hydrogen-bond acceptors (Lipinski definition) is 4. The third-order valence-corrected chi connectivity index (χ3v) is 6.22. The highest BCUT2D eigenvalue weighted by Crippen LogP contribution is 2.48. The summed E-state index contributed by atoms with van der Waals surface area (Å²) in [4.78, 5) is 0. The maximum atomic E-state index is 13.1. The quantitative estimate of drug-likeness (QED) is 0.437. The fourth-order valence-electron chi connectivity index (χ4n) is 4.08. The molecule has 1 saturated carbocycles. The lowest BCUT2D eigenvalue weighted by molar-refractivity contribution is -0.137. The van der Waals surface area contributed by atoms with Gasteiger partial charge in [-0.2, -0.15) is 21.6 Å². The molecule has 2 N–H and O–H groups in total. The van der Waals surface area contributed by atoms with E-state index in [1.165, 1.54) is 12.1 Å². The van der Waals surface area contributed by atoms with Crippen LogP contribution in [-0.4, -0.2) is 19.5 Å². The second-order valence-corrected chi connectivity index (χ2v) is 9.01. The largest absolute Gasteiger partial charge is 0.416 e. The van der Waals surface area contributed by atoms with Crippen LogP contribution in [0.25, 0.3) is 10.8 Å². The van der Waals surface area contributed by atoms with E-state index in [1.54, 1.807) is 0 Å². The average Bonchev–Trinajstić information content (AvgIpc) is 3.52. The standard InChI is InChI=1S/C23H22F3NO4S/c24-23(25,26)18-8-3-7-17(15-18)21(31-32(28,29)30)11-14-27-22(12-13-22)20-10-4-6-16-5-1-2-9-19(16)20/h1-10,15,21,27H,11-14H2,(H,28,29,30)/t21-/m0/s1. The van der Waals surface area contributed by atoms with Gasteiger partial charge in [-0.25, -0.2) is 4.18 Å². The van der Waals surface area contributed by atoms with Crippen molar-refractivity contribution in [1.29, 1.82) is 0 Å². The summed E-state index contributed by atoms with van der Waals surface area (Å²) in [6.07, 6.45) is -4.03. The van der Waals surface area contributed by atoms with E-state index >= 15 is 0 Å². The smallest absolute Gasteiger partial charge is 0.307 e. The van der Waals surface area contributed by atoms with Crippen LogP contribution < -0.4 is 5.32 Å². The van der Waals surface area contributed by atoms with Crippen molar-refractivity contribution in [3.8, 4) is 0 Å². The number of rotatable bonds is 8. The Morgan fingerprint density at radius 1 is 1.03 bits per heavy atom. The molecule has 0 saturated heterocycles. The van der Waals surface area contributed by atoms with E-state index in [-0.39, 0.29) is 24.1 Å². The molecule has 32 heavy (non-hydrogen) atoms. The molecule has 0 unspecified atom stereocenters. The maximum absolute atomic E-state index is 13.1. The highest BCUT2D eigenvalue weighted by Gasteiger charge is 2.44. The first kappa shape index (κ1) is 22.7. The summed E-state index contributed by atoms with van der Waals surface area (Å²) in [5.74, 6) is 0. The van der Waals surface area contributed by atoms with Gasteiger partial charge in [-0.3, -0.25) is 4.55 Å². The van der Waals surface area contributed by atoms with Crippen LogP contribution in [0.15, 0.2) is 66.7 Å². The van der Waals surface area contributed by atoms with Crippen molar-refractivity contribution in [2.24, 2.45) is 0 Å². The molecular formula is C23H22F3NO4S. The molecule has 3 aromatic rings. The molecule has 0 bridgehead atoms. The zero-order valence-electron chi connectivity index (χ0n) is 17.0. The van der Waals surface area contributed by atoms with Crippen LogP contribution in [0.2, 0.25) is 0 Å². The Labute approximate surface area is 184 Å². The molecule has 9 heteroatoms. The number of benzene rings is 3. The highest BCUT2D eigenvalue weighted by molar-refractivity contribution is 7.80. The average molecular weight is 465 g/mol. The molecule has 170 valence electrons. The maximum Gasteiger partial charge on any atom is 0.416 e. The first-order chi connectivity index (χ1) is 15.1. The van der Waals surface area contributed by atoms with E-state index in [1.807, 2.05) is 42.5 Å². The van der Waals surface area contributed by atoms with Gasteiger partial charge in [-0.05, 0) is 59.8 Å². The van der Waals surface area contributed by atoms with Crippen molar-refractivity contribution >= 4 is 21.2 Å². The lowest BCUT2D eigenvalue weighted by Crippen LogP contribution is -2.31. The molecule has 1 fully saturated rings. The molecule has 0 spiro atoms. The number of alkyl halides is 3. The molecular weight excluding hydrogens is 443 g/mol. The van der Waals surface area contributed by atoms with Gasteiger partial charge in [-0.1, -0.05) is 54.6 Å². The van der Waals surface area contributed by atoms with Crippen LogP contribution in [0.5, 0.6) is 0 Å². The topological polar surface area (TPSA) is 75.6 Å². The van der Waals surface area contributed by atoms with Gasteiger partial charge in [-0.15, -0.1) is 0 Å². The molecule has 0 amide bonds. The minimum absolute atomic E-state index is 0.0225. The minimum Gasteiger partial charge on any atom is -0.307 e. The van der Waals surface area contributed by atoms with Crippen LogP contribution in [0, 0.1) is 0 Å². The van der Waals surface area contributed by atoms with E-state index in [9.17, 15) is 21.6 Å². The van der Waals surface area contributed by atoms with Crippen LogP contribution in [0.4, 0.5) is 13.2 Å². The Kier molecular flexibility index (Phi) is 6.02. The molecule has 1 aliphatic carbocycles. The van der Waals surface area contributed by atoms with Gasteiger partial charge in [0.15, 0.2) is 0 Å². The molecule has 4 rings (SSSR count). The summed E-state index contributed by atoms with van der Waals surface area (Å²) in [5.41, 5.74) is -0.0466. The van der Waals surface area contributed by atoms with Crippen molar-refractivity contribution < 1.29 is 30.3 Å². The van der Waals surface area contributed by atoms with E-state index in [0.717, 1.165) is 41.3 Å². The Balaban J connectivity index is 1.53. The van der Waals surface area contributed by atoms with Crippen molar-refractivity contribution in [2.75, 3.05) is 6.54 Å². The van der Waals surface area contributed by atoms with E-state index in [0.29, 0.717) is 0 Å². The van der Waals surface area contributed by atoms with Gasteiger partial charge in [0, 0.05) is 5.54 Å². The van der Waals surface area contributed by atoms with Crippen molar-refractivity contribution in [1.82, 2.24) is 5.32 Å².